The van der Waals surface area contributed by atoms with Crippen LogP contribution >= 0.6 is 11.8 Å². The lowest BCUT2D eigenvalue weighted by atomic mass is 10.2. The van der Waals surface area contributed by atoms with Crippen molar-refractivity contribution in [2.75, 3.05) is 32.0 Å². The maximum Gasteiger partial charge on any atom is 0.265 e. The molecule has 3 N–H and O–H groups in total. The van der Waals surface area contributed by atoms with E-state index >= 15 is 0 Å². The maximum atomic E-state index is 11.5. The van der Waals surface area contributed by atoms with Crippen LogP contribution < -0.4 is 16.0 Å². The summed E-state index contributed by atoms with van der Waals surface area (Å²) in [6, 6.07) is 7.06. The number of nitrogen functional groups attached to an aromatic ring is 1. The van der Waals surface area contributed by atoms with Crippen LogP contribution in [0.5, 0.6) is 5.75 Å². The SMILES string of the molecule is CC1(C)CN(CCOc2cccc(C(=O)NN)c2)CCS1. The Labute approximate surface area is 130 Å². The highest BCUT2D eigenvalue weighted by Crippen LogP contribution is 2.29. The first kappa shape index (κ1) is 16.1. The van der Waals surface area contributed by atoms with Crippen molar-refractivity contribution < 1.29 is 9.53 Å². The predicted molar refractivity (Wildman–Crippen MR) is 86.6 cm³/mol. The van der Waals surface area contributed by atoms with Gasteiger partial charge in [0.1, 0.15) is 12.4 Å². The molecule has 1 heterocycles. The van der Waals surface area contributed by atoms with Gasteiger partial charge in [-0.05, 0) is 32.0 Å². The van der Waals surface area contributed by atoms with Crippen molar-refractivity contribution in [3.63, 3.8) is 0 Å². The molecule has 1 aliphatic heterocycles. The Morgan fingerprint density at radius 1 is 1.52 bits per heavy atom. The number of hydrogen-bond donors (Lipinski definition) is 2. The number of hydrogen-bond acceptors (Lipinski definition) is 5. The molecule has 1 fully saturated rings. The van der Waals surface area contributed by atoms with Gasteiger partial charge in [0, 0.05) is 35.7 Å². The number of amides is 1. The highest BCUT2D eigenvalue weighted by atomic mass is 32.2. The Morgan fingerprint density at radius 2 is 2.33 bits per heavy atom. The van der Waals surface area contributed by atoms with Crippen LogP contribution in [0.15, 0.2) is 24.3 Å². The summed E-state index contributed by atoms with van der Waals surface area (Å²) in [7, 11) is 0. The summed E-state index contributed by atoms with van der Waals surface area (Å²) >= 11 is 2.02. The van der Waals surface area contributed by atoms with E-state index < -0.39 is 0 Å². The van der Waals surface area contributed by atoms with Gasteiger partial charge in [0.05, 0.1) is 0 Å². The van der Waals surface area contributed by atoms with Crippen LogP contribution in [0.2, 0.25) is 0 Å². The molecular formula is C15H23N3O2S. The Balaban J connectivity index is 1.82. The molecule has 21 heavy (non-hydrogen) atoms. The highest BCUT2D eigenvalue weighted by Gasteiger charge is 2.26. The average molecular weight is 309 g/mol. The van der Waals surface area contributed by atoms with Crippen molar-refractivity contribution in [3.05, 3.63) is 29.8 Å². The van der Waals surface area contributed by atoms with E-state index in [0.717, 1.165) is 19.6 Å². The quantitative estimate of drug-likeness (QED) is 0.490. The average Bonchev–Trinajstić information content (AvgIpc) is 2.46. The van der Waals surface area contributed by atoms with Crippen molar-refractivity contribution in [1.29, 1.82) is 0 Å². The molecular weight excluding hydrogens is 286 g/mol. The van der Waals surface area contributed by atoms with E-state index in [9.17, 15) is 4.79 Å². The van der Waals surface area contributed by atoms with Crippen LogP contribution in [0.4, 0.5) is 0 Å². The van der Waals surface area contributed by atoms with Crippen molar-refractivity contribution in [2.24, 2.45) is 5.84 Å². The molecule has 0 atom stereocenters. The molecule has 0 aromatic heterocycles. The summed E-state index contributed by atoms with van der Waals surface area (Å²) < 4.78 is 6.06. The van der Waals surface area contributed by atoms with Crippen molar-refractivity contribution in [3.8, 4) is 5.75 Å². The Bertz CT molecular complexity index is 494. The predicted octanol–water partition coefficient (Wildman–Crippen LogP) is 1.50. The lowest BCUT2D eigenvalue weighted by Crippen LogP contribution is -2.44. The zero-order valence-electron chi connectivity index (χ0n) is 12.6. The molecule has 0 unspecified atom stereocenters. The zero-order valence-corrected chi connectivity index (χ0v) is 13.4. The first-order valence-corrected chi connectivity index (χ1v) is 8.09. The molecule has 1 amide bonds. The van der Waals surface area contributed by atoms with Crippen molar-refractivity contribution in [1.82, 2.24) is 10.3 Å². The number of nitrogens with two attached hydrogens (primary N) is 1. The van der Waals surface area contributed by atoms with Gasteiger partial charge in [-0.2, -0.15) is 11.8 Å². The fourth-order valence-electron chi connectivity index (χ4n) is 2.41. The lowest BCUT2D eigenvalue weighted by molar-refractivity contribution is 0.0953. The fraction of sp³-hybridized carbons (Fsp3) is 0.533. The highest BCUT2D eigenvalue weighted by molar-refractivity contribution is 8.00. The molecule has 1 aromatic carbocycles. The smallest absolute Gasteiger partial charge is 0.265 e. The van der Waals surface area contributed by atoms with Crippen LogP contribution in [0.3, 0.4) is 0 Å². The molecule has 1 aromatic rings. The first-order valence-electron chi connectivity index (χ1n) is 7.10. The van der Waals surface area contributed by atoms with Gasteiger partial charge in [-0.15, -0.1) is 0 Å². The number of carbonyl (C=O) groups excluding carboxylic acids is 1. The first-order chi connectivity index (χ1) is 10.00. The minimum Gasteiger partial charge on any atom is -0.492 e. The number of thioether (sulfide) groups is 1. The molecule has 1 saturated heterocycles. The molecule has 0 bridgehead atoms. The van der Waals surface area contributed by atoms with E-state index in [-0.39, 0.29) is 5.91 Å². The van der Waals surface area contributed by atoms with E-state index in [1.807, 2.05) is 17.8 Å². The topological polar surface area (TPSA) is 67.6 Å². The van der Waals surface area contributed by atoms with Crippen LogP contribution in [0, 0.1) is 0 Å². The van der Waals surface area contributed by atoms with Gasteiger partial charge in [-0.25, -0.2) is 5.84 Å². The summed E-state index contributed by atoms with van der Waals surface area (Å²) in [6.07, 6.45) is 0. The van der Waals surface area contributed by atoms with Crippen LogP contribution in [-0.4, -0.2) is 47.5 Å². The second kappa shape index (κ2) is 7.15. The Kier molecular flexibility index (Phi) is 5.50. The number of nitrogens with one attached hydrogen (secondary N) is 1. The molecule has 6 heteroatoms. The number of rotatable bonds is 5. The van der Waals surface area contributed by atoms with Crippen molar-refractivity contribution >= 4 is 17.7 Å². The van der Waals surface area contributed by atoms with Crippen LogP contribution in [0.25, 0.3) is 0 Å². The third-order valence-electron chi connectivity index (χ3n) is 3.41. The molecule has 0 aliphatic carbocycles. The summed E-state index contributed by atoms with van der Waals surface area (Å²) in [4.78, 5) is 13.9. The lowest BCUT2D eigenvalue weighted by Gasteiger charge is -2.37. The monoisotopic (exact) mass is 309 g/mol. The second-order valence-corrected chi connectivity index (χ2v) is 7.54. The molecule has 0 saturated carbocycles. The third-order valence-corrected chi connectivity index (χ3v) is 4.71. The number of nitrogens with zero attached hydrogens (tertiary/aromatic N) is 1. The summed E-state index contributed by atoms with van der Waals surface area (Å²) in [6.45, 7) is 8.26. The van der Waals surface area contributed by atoms with Gasteiger partial charge in [-0.3, -0.25) is 15.1 Å². The summed E-state index contributed by atoms with van der Waals surface area (Å²) in [5, 5.41) is 0. The Morgan fingerprint density at radius 3 is 3.05 bits per heavy atom. The van der Waals surface area contributed by atoms with Crippen LogP contribution in [-0.2, 0) is 0 Å². The van der Waals surface area contributed by atoms with E-state index in [0.29, 0.717) is 22.7 Å². The van der Waals surface area contributed by atoms with Gasteiger partial charge in [0.2, 0.25) is 0 Å². The molecule has 0 radical (unpaired) electrons. The van der Waals surface area contributed by atoms with E-state index in [2.05, 4.69) is 24.2 Å². The zero-order chi connectivity index (χ0) is 15.3. The number of hydrazine groups is 1. The van der Waals surface area contributed by atoms with Gasteiger partial charge >= 0.3 is 0 Å². The van der Waals surface area contributed by atoms with E-state index in [1.54, 1.807) is 18.2 Å². The largest absolute Gasteiger partial charge is 0.492 e. The number of ether oxygens (including phenoxy) is 1. The normalized spacial score (nSPS) is 18.2. The molecule has 116 valence electrons. The molecule has 5 nitrogen and oxygen atoms in total. The van der Waals surface area contributed by atoms with Gasteiger partial charge in [0.25, 0.3) is 5.91 Å². The summed E-state index contributed by atoms with van der Waals surface area (Å²) in [5.41, 5.74) is 2.63. The Hall–Kier alpha value is -1.24. The van der Waals surface area contributed by atoms with E-state index in [1.165, 1.54) is 5.75 Å². The van der Waals surface area contributed by atoms with Crippen molar-refractivity contribution in [2.45, 2.75) is 18.6 Å². The number of benzene rings is 1. The maximum absolute atomic E-state index is 11.5. The minimum atomic E-state index is -0.310. The van der Waals surface area contributed by atoms with Gasteiger partial charge in [-0.1, -0.05) is 6.07 Å². The van der Waals surface area contributed by atoms with Crippen LogP contribution in [0.1, 0.15) is 24.2 Å². The molecule has 0 spiro atoms. The second-order valence-electron chi connectivity index (χ2n) is 5.73. The van der Waals surface area contributed by atoms with Gasteiger partial charge in [0.15, 0.2) is 0 Å². The summed E-state index contributed by atoms with van der Waals surface area (Å²) in [5.74, 6) is 6.68. The number of carbonyl (C=O) groups is 1. The van der Waals surface area contributed by atoms with E-state index in [4.69, 9.17) is 10.6 Å². The fourth-order valence-corrected chi connectivity index (χ4v) is 3.58. The third kappa shape index (κ3) is 4.91. The van der Waals surface area contributed by atoms with Gasteiger partial charge < -0.3 is 4.74 Å². The molecule has 2 rings (SSSR count). The molecule has 1 aliphatic rings. The standard InChI is InChI=1S/C15H23N3O2S/c1-15(2)11-18(7-9-21-15)6-8-20-13-5-3-4-12(10-13)14(19)17-16/h3-5,10H,6-9,11,16H2,1-2H3,(H,17,19). The minimum absolute atomic E-state index is 0.310.